The molecule has 1 N–H and O–H groups in total. The molecule has 18 heavy (non-hydrogen) atoms. The third-order valence-corrected chi connectivity index (χ3v) is 8.05. The minimum atomic E-state index is -1.77. The molecule has 0 aliphatic heterocycles. The maximum absolute atomic E-state index is 10.0. The van der Waals surface area contributed by atoms with E-state index in [1.54, 1.807) is 0 Å². The Morgan fingerprint density at radius 2 is 1.83 bits per heavy atom. The lowest BCUT2D eigenvalue weighted by Crippen LogP contribution is -2.42. The standard InChI is InChI=1S/C15H30O2Si/c1-12(2)9-10-13(3)14(16)11-17-18(7,8)15(4,5)6/h9,12,14,16H,11H2,1-8H3/t10?,14-/m0/s1. The third-order valence-electron chi connectivity index (χ3n) is 3.55. The molecule has 0 saturated heterocycles. The van der Waals surface area contributed by atoms with Gasteiger partial charge in [-0.2, -0.15) is 0 Å². The molecule has 0 amide bonds. The third kappa shape index (κ3) is 6.01. The summed E-state index contributed by atoms with van der Waals surface area (Å²) in [5, 5.41) is 10.2. The van der Waals surface area contributed by atoms with E-state index >= 15 is 0 Å². The minimum Gasteiger partial charge on any atom is -0.414 e. The Kier molecular flexibility index (Phi) is 6.59. The van der Waals surface area contributed by atoms with Crippen LogP contribution in [0.3, 0.4) is 0 Å². The quantitative estimate of drug-likeness (QED) is 0.601. The van der Waals surface area contributed by atoms with E-state index in [0.29, 0.717) is 12.5 Å². The maximum Gasteiger partial charge on any atom is 0.192 e. The van der Waals surface area contributed by atoms with Crippen LogP contribution in [0.4, 0.5) is 0 Å². The minimum absolute atomic E-state index is 0.179. The van der Waals surface area contributed by atoms with Gasteiger partial charge >= 0.3 is 0 Å². The second kappa shape index (κ2) is 6.72. The summed E-state index contributed by atoms with van der Waals surface area (Å²) in [6.07, 6.45) is 1.43. The highest BCUT2D eigenvalue weighted by Gasteiger charge is 2.37. The highest BCUT2D eigenvalue weighted by molar-refractivity contribution is 6.74. The first-order valence-electron chi connectivity index (χ1n) is 6.72. The molecule has 3 heteroatoms. The molecule has 0 unspecified atom stereocenters. The number of hydrogen-bond donors (Lipinski definition) is 1. The van der Waals surface area contributed by atoms with Gasteiger partial charge in [-0.3, -0.25) is 0 Å². The van der Waals surface area contributed by atoms with Gasteiger partial charge in [0, 0.05) is 0 Å². The molecule has 0 aromatic rings. The lowest BCUT2D eigenvalue weighted by atomic mass is 10.1. The average Bonchev–Trinajstić information content (AvgIpc) is 2.20. The highest BCUT2D eigenvalue weighted by Crippen LogP contribution is 2.36. The molecular weight excluding hydrogens is 240 g/mol. The van der Waals surface area contributed by atoms with Crippen LogP contribution in [-0.4, -0.2) is 26.1 Å². The lowest BCUT2D eigenvalue weighted by molar-refractivity contribution is 0.127. The molecule has 106 valence electrons. The zero-order valence-corrected chi connectivity index (χ0v) is 14.3. The fourth-order valence-corrected chi connectivity index (χ4v) is 2.03. The predicted molar refractivity (Wildman–Crippen MR) is 81.3 cm³/mol. The van der Waals surface area contributed by atoms with Gasteiger partial charge in [-0.25, -0.2) is 0 Å². The average molecular weight is 270 g/mol. The van der Waals surface area contributed by atoms with Crippen LogP contribution in [0.15, 0.2) is 17.4 Å². The molecule has 0 aromatic carbocycles. The second-order valence-electron chi connectivity index (χ2n) is 6.83. The van der Waals surface area contributed by atoms with Crippen LogP contribution >= 0.6 is 0 Å². The largest absolute Gasteiger partial charge is 0.414 e. The molecule has 1 atom stereocenters. The van der Waals surface area contributed by atoms with Gasteiger partial charge in [0.05, 0.1) is 6.61 Å². The second-order valence-corrected chi connectivity index (χ2v) is 11.6. The Bertz CT molecular complexity index is 318. The molecular formula is C15H30O2Si. The van der Waals surface area contributed by atoms with E-state index in [9.17, 15) is 5.11 Å². The van der Waals surface area contributed by atoms with Crippen LogP contribution < -0.4 is 0 Å². The van der Waals surface area contributed by atoms with Crippen molar-refractivity contribution >= 4 is 8.32 Å². The van der Waals surface area contributed by atoms with Crippen LogP contribution in [0, 0.1) is 5.92 Å². The number of hydrogen-bond acceptors (Lipinski definition) is 2. The summed E-state index contributed by atoms with van der Waals surface area (Å²) in [7, 11) is -1.77. The molecule has 2 nitrogen and oxygen atoms in total. The van der Waals surface area contributed by atoms with Crippen LogP contribution in [0.1, 0.15) is 41.5 Å². The van der Waals surface area contributed by atoms with Crippen molar-refractivity contribution in [3.8, 4) is 0 Å². The van der Waals surface area contributed by atoms with Crippen molar-refractivity contribution in [3.05, 3.63) is 17.4 Å². The number of rotatable bonds is 5. The monoisotopic (exact) mass is 270 g/mol. The van der Waals surface area contributed by atoms with Crippen molar-refractivity contribution in [1.29, 1.82) is 0 Å². The van der Waals surface area contributed by atoms with E-state index in [2.05, 4.69) is 53.4 Å². The molecule has 0 radical (unpaired) electrons. The van der Waals surface area contributed by atoms with Crippen LogP contribution in [0.5, 0.6) is 0 Å². The molecule has 0 aliphatic rings. The first-order valence-corrected chi connectivity index (χ1v) is 9.63. The molecule has 0 bridgehead atoms. The van der Waals surface area contributed by atoms with Gasteiger partial charge in [0.25, 0.3) is 0 Å². The van der Waals surface area contributed by atoms with Crippen LogP contribution in [-0.2, 0) is 4.43 Å². The van der Waals surface area contributed by atoms with E-state index in [4.69, 9.17) is 4.43 Å². The highest BCUT2D eigenvalue weighted by atomic mass is 28.4. The van der Waals surface area contributed by atoms with Crippen LogP contribution in [0.2, 0.25) is 18.1 Å². The molecule has 0 aromatic heterocycles. The van der Waals surface area contributed by atoms with Crippen molar-refractivity contribution in [2.75, 3.05) is 6.61 Å². The van der Waals surface area contributed by atoms with E-state index in [1.165, 1.54) is 0 Å². The summed E-state index contributed by atoms with van der Waals surface area (Å²) >= 11 is 0. The predicted octanol–water partition coefficient (Wildman–Crippen LogP) is 4.13. The summed E-state index contributed by atoms with van der Waals surface area (Å²) in [6, 6.07) is 0. The van der Waals surface area contributed by atoms with E-state index in [1.807, 2.05) is 13.0 Å². The topological polar surface area (TPSA) is 29.5 Å². The Labute approximate surface area is 114 Å². The maximum atomic E-state index is 10.0. The van der Waals surface area contributed by atoms with E-state index in [0.717, 1.165) is 5.57 Å². The van der Waals surface area contributed by atoms with Crippen molar-refractivity contribution in [3.63, 3.8) is 0 Å². The molecule has 0 aliphatic carbocycles. The fraction of sp³-hybridized carbons (Fsp3) is 0.800. The summed E-state index contributed by atoms with van der Waals surface area (Å²) in [5.41, 5.74) is 3.98. The Morgan fingerprint density at radius 3 is 2.22 bits per heavy atom. The zero-order chi connectivity index (χ0) is 14.6. The normalized spacial score (nSPS) is 14.3. The molecule has 0 heterocycles. The van der Waals surface area contributed by atoms with Crippen molar-refractivity contribution in [2.24, 2.45) is 5.92 Å². The van der Waals surface area contributed by atoms with Gasteiger partial charge < -0.3 is 9.53 Å². The SMILES string of the molecule is CC(=C=CC(C)C)[C@@H](O)CO[Si](C)(C)C(C)(C)C. The number of aliphatic hydroxyl groups excluding tert-OH is 1. The first-order chi connectivity index (χ1) is 7.97. The van der Waals surface area contributed by atoms with Gasteiger partial charge in [0.15, 0.2) is 8.32 Å². The summed E-state index contributed by atoms with van der Waals surface area (Å²) in [6.45, 7) is 17.5. The van der Waals surface area contributed by atoms with Gasteiger partial charge in [-0.05, 0) is 42.6 Å². The lowest BCUT2D eigenvalue weighted by Gasteiger charge is -2.36. The first kappa shape index (κ1) is 17.7. The van der Waals surface area contributed by atoms with Gasteiger partial charge in [-0.1, -0.05) is 34.6 Å². The van der Waals surface area contributed by atoms with Crippen molar-refractivity contribution < 1.29 is 9.53 Å². The summed E-state index contributed by atoms with van der Waals surface area (Å²) < 4.78 is 6.00. The Morgan fingerprint density at radius 1 is 1.33 bits per heavy atom. The smallest absolute Gasteiger partial charge is 0.192 e. The van der Waals surface area contributed by atoms with Gasteiger partial charge in [-0.15, -0.1) is 5.73 Å². The fourth-order valence-electron chi connectivity index (χ4n) is 1.02. The molecule has 0 rings (SSSR count). The van der Waals surface area contributed by atoms with E-state index < -0.39 is 14.4 Å². The van der Waals surface area contributed by atoms with Crippen LogP contribution in [0.25, 0.3) is 0 Å². The van der Waals surface area contributed by atoms with Gasteiger partial charge in [0.2, 0.25) is 0 Å². The van der Waals surface area contributed by atoms with Gasteiger partial charge in [0.1, 0.15) is 6.10 Å². The zero-order valence-electron chi connectivity index (χ0n) is 13.3. The molecule has 0 spiro atoms. The Balaban J connectivity index is 4.53. The van der Waals surface area contributed by atoms with Crippen molar-refractivity contribution in [1.82, 2.24) is 0 Å². The number of aliphatic hydroxyl groups is 1. The van der Waals surface area contributed by atoms with E-state index in [-0.39, 0.29) is 5.04 Å². The molecule has 0 fully saturated rings. The Hall–Kier alpha value is -0.343. The van der Waals surface area contributed by atoms with Crippen molar-refractivity contribution in [2.45, 2.75) is 65.8 Å². The molecule has 0 saturated carbocycles. The summed E-state index contributed by atoms with van der Waals surface area (Å²) in [4.78, 5) is 0. The summed E-state index contributed by atoms with van der Waals surface area (Å²) in [5.74, 6) is 0.452.